The highest BCUT2D eigenvalue weighted by molar-refractivity contribution is 7.85. The van der Waals surface area contributed by atoms with Crippen molar-refractivity contribution in [1.29, 1.82) is 0 Å². The summed E-state index contributed by atoms with van der Waals surface area (Å²) in [4.78, 5) is 0. The van der Waals surface area contributed by atoms with Crippen LogP contribution in [0.25, 0.3) is 0 Å². The summed E-state index contributed by atoms with van der Waals surface area (Å²) < 4.78 is 14.6. The van der Waals surface area contributed by atoms with Crippen molar-refractivity contribution in [3.05, 3.63) is 88.0 Å². The lowest BCUT2D eigenvalue weighted by atomic mass is 10.1. The van der Waals surface area contributed by atoms with Crippen molar-refractivity contribution in [1.82, 2.24) is 0 Å². The van der Waals surface area contributed by atoms with Crippen molar-refractivity contribution in [2.45, 2.75) is 41.5 Å². The van der Waals surface area contributed by atoms with Crippen LogP contribution in [0.15, 0.2) is 54.6 Å². The highest BCUT2D eigenvalue weighted by Gasteiger charge is 2.30. The molecule has 0 aliphatic carbocycles. The summed E-state index contributed by atoms with van der Waals surface area (Å²) in [6.07, 6.45) is 0. The van der Waals surface area contributed by atoms with Crippen LogP contribution in [-0.4, -0.2) is 0 Å². The van der Waals surface area contributed by atoms with Crippen LogP contribution in [0.4, 0.5) is 0 Å². The number of rotatable bonds is 3. The predicted molar refractivity (Wildman–Crippen MR) is 114 cm³/mol. The summed E-state index contributed by atoms with van der Waals surface area (Å²) in [5.41, 5.74) is 7.20. The van der Waals surface area contributed by atoms with E-state index in [-0.39, 0.29) is 0 Å². The molecule has 3 rings (SSSR count). The van der Waals surface area contributed by atoms with Gasteiger partial charge in [0.25, 0.3) is 0 Å². The van der Waals surface area contributed by atoms with Gasteiger partial charge in [-0.05, 0) is 93.1 Å². The molecule has 0 aliphatic heterocycles. The van der Waals surface area contributed by atoms with E-state index in [1.807, 2.05) is 18.2 Å². The van der Waals surface area contributed by atoms with Crippen molar-refractivity contribution >= 4 is 23.1 Å². The van der Waals surface area contributed by atoms with E-state index >= 15 is 0 Å². The van der Waals surface area contributed by atoms with Gasteiger partial charge < -0.3 is 4.57 Å². The van der Waals surface area contributed by atoms with E-state index in [0.717, 1.165) is 15.9 Å². The van der Waals surface area contributed by atoms with Gasteiger partial charge in [0, 0.05) is 15.9 Å². The van der Waals surface area contributed by atoms with Gasteiger partial charge in [-0.1, -0.05) is 36.4 Å². The van der Waals surface area contributed by atoms with E-state index in [2.05, 4.69) is 77.9 Å². The Balaban J connectivity index is 2.33. The van der Waals surface area contributed by atoms with Gasteiger partial charge in [-0.15, -0.1) is 0 Å². The Labute approximate surface area is 157 Å². The second-order valence-corrected chi connectivity index (χ2v) is 10.2. The Morgan fingerprint density at radius 1 is 0.462 bits per heavy atom. The molecule has 3 aromatic carbocycles. The maximum absolute atomic E-state index is 14.6. The third kappa shape index (κ3) is 3.17. The third-order valence-corrected chi connectivity index (χ3v) is 8.58. The van der Waals surface area contributed by atoms with Crippen LogP contribution in [0.3, 0.4) is 0 Å². The molecular formula is C24H27OP. The van der Waals surface area contributed by atoms with Crippen molar-refractivity contribution in [2.75, 3.05) is 0 Å². The molecule has 0 unspecified atom stereocenters. The topological polar surface area (TPSA) is 17.1 Å². The van der Waals surface area contributed by atoms with Gasteiger partial charge in [0.1, 0.15) is 0 Å². The molecule has 0 N–H and O–H groups in total. The van der Waals surface area contributed by atoms with E-state index in [1.165, 1.54) is 33.4 Å². The zero-order chi connectivity index (χ0) is 19.1. The largest absolute Gasteiger partial charge is 0.309 e. The fourth-order valence-electron chi connectivity index (χ4n) is 3.21. The summed E-state index contributed by atoms with van der Waals surface area (Å²) in [7, 11) is -2.92. The minimum atomic E-state index is -2.92. The van der Waals surface area contributed by atoms with Crippen molar-refractivity contribution in [3.63, 3.8) is 0 Å². The summed E-state index contributed by atoms with van der Waals surface area (Å²) in [6, 6.07) is 18.6. The van der Waals surface area contributed by atoms with Crippen LogP contribution in [0.1, 0.15) is 33.4 Å². The van der Waals surface area contributed by atoms with E-state index in [1.54, 1.807) is 0 Å². The maximum Gasteiger partial charge on any atom is 0.171 e. The van der Waals surface area contributed by atoms with Gasteiger partial charge in [-0.25, -0.2) is 0 Å². The van der Waals surface area contributed by atoms with Gasteiger partial charge in [-0.3, -0.25) is 0 Å². The molecule has 26 heavy (non-hydrogen) atoms. The molecule has 0 saturated heterocycles. The van der Waals surface area contributed by atoms with Crippen LogP contribution in [0.5, 0.6) is 0 Å². The van der Waals surface area contributed by atoms with Crippen molar-refractivity contribution in [3.8, 4) is 0 Å². The van der Waals surface area contributed by atoms with E-state index in [0.29, 0.717) is 0 Å². The Morgan fingerprint density at radius 3 is 0.962 bits per heavy atom. The third-order valence-electron chi connectivity index (χ3n) is 5.56. The first-order chi connectivity index (χ1) is 12.2. The number of benzene rings is 3. The number of hydrogen-bond donors (Lipinski definition) is 0. The van der Waals surface area contributed by atoms with Crippen LogP contribution < -0.4 is 15.9 Å². The normalized spacial score (nSPS) is 11.6. The molecule has 0 aromatic heterocycles. The first-order valence-electron chi connectivity index (χ1n) is 9.07. The number of aryl methyl sites for hydroxylation is 6. The Bertz CT molecular complexity index is 898. The van der Waals surface area contributed by atoms with Gasteiger partial charge >= 0.3 is 0 Å². The van der Waals surface area contributed by atoms with E-state index in [4.69, 9.17) is 0 Å². The van der Waals surface area contributed by atoms with E-state index < -0.39 is 7.14 Å². The Morgan fingerprint density at radius 2 is 0.731 bits per heavy atom. The SMILES string of the molecule is Cc1ccc(P(=O)(c2ccc(C)c(C)c2)c2ccc(C)c(C)c2)cc1C. The first-order valence-corrected chi connectivity index (χ1v) is 10.8. The lowest BCUT2D eigenvalue weighted by molar-refractivity contribution is 0.592. The Hall–Kier alpha value is -2.11. The highest BCUT2D eigenvalue weighted by atomic mass is 31.2. The molecule has 134 valence electrons. The standard InChI is InChI=1S/C24H27OP/c1-16-7-10-22(13-19(16)4)26(25,23-11-8-17(2)20(5)14-23)24-12-9-18(3)21(6)15-24/h7-15H,1-6H3. The second-order valence-electron chi connectivity index (χ2n) is 7.41. The Kier molecular flexibility index (Phi) is 4.95. The maximum atomic E-state index is 14.6. The molecule has 0 spiro atoms. The molecule has 0 bridgehead atoms. The predicted octanol–water partition coefficient (Wildman–Crippen LogP) is 5.18. The number of hydrogen-bond acceptors (Lipinski definition) is 1. The van der Waals surface area contributed by atoms with Crippen LogP contribution in [-0.2, 0) is 4.57 Å². The molecule has 0 fully saturated rings. The molecule has 0 saturated carbocycles. The molecule has 2 heteroatoms. The molecule has 0 radical (unpaired) electrons. The second kappa shape index (κ2) is 6.89. The monoisotopic (exact) mass is 362 g/mol. The van der Waals surface area contributed by atoms with Crippen LogP contribution >= 0.6 is 7.14 Å². The molecular weight excluding hydrogens is 335 g/mol. The summed E-state index contributed by atoms with van der Waals surface area (Å²) >= 11 is 0. The minimum absolute atomic E-state index is 0.909. The molecule has 1 nitrogen and oxygen atoms in total. The molecule has 0 atom stereocenters. The lowest BCUT2D eigenvalue weighted by Gasteiger charge is -2.22. The van der Waals surface area contributed by atoms with E-state index in [9.17, 15) is 4.57 Å². The zero-order valence-corrected chi connectivity index (χ0v) is 17.4. The van der Waals surface area contributed by atoms with Crippen LogP contribution in [0.2, 0.25) is 0 Å². The summed E-state index contributed by atoms with van der Waals surface area (Å²) in [5.74, 6) is 0. The quantitative estimate of drug-likeness (QED) is 0.587. The molecule has 0 heterocycles. The van der Waals surface area contributed by atoms with Crippen molar-refractivity contribution in [2.24, 2.45) is 0 Å². The summed E-state index contributed by atoms with van der Waals surface area (Å²) in [5, 5.41) is 2.73. The van der Waals surface area contributed by atoms with Gasteiger partial charge in [0.05, 0.1) is 0 Å². The smallest absolute Gasteiger partial charge is 0.171 e. The summed E-state index contributed by atoms with van der Waals surface area (Å²) in [6.45, 7) is 12.5. The molecule has 0 amide bonds. The fourth-order valence-corrected chi connectivity index (χ4v) is 6.09. The first kappa shape index (κ1) is 18.7. The average Bonchev–Trinajstić information content (AvgIpc) is 2.61. The fraction of sp³-hybridized carbons (Fsp3) is 0.250. The van der Waals surface area contributed by atoms with Crippen molar-refractivity contribution < 1.29 is 4.57 Å². The molecule has 3 aromatic rings. The van der Waals surface area contributed by atoms with Gasteiger partial charge in [-0.2, -0.15) is 0 Å². The van der Waals surface area contributed by atoms with Gasteiger partial charge in [0.2, 0.25) is 0 Å². The average molecular weight is 362 g/mol. The van der Waals surface area contributed by atoms with Crippen LogP contribution in [0, 0.1) is 41.5 Å². The lowest BCUT2D eigenvalue weighted by Crippen LogP contribution is -2.26. The highest BCUT2D eigenvalue weighted by Crippen LogP contribution is 2.43. The van der Waals surface area contributed by atoms with Gasteiger partial charge in [0.15, 0.2) is 7.14 Å². The molecule has 0 aliphatic rings. The minimum Gasteiger partial charge on any atom is -0.309 e. The zero-order valence-electron chi connectivity index (χ0n) is 16.6.